The highest BCUT2D eigenvalue weighted by atomic mass is 32.2. The normalized spacial score (nSPS) is 11.4. The van der Waals surface area contributed by atoms with Gasteiger partial charge in [0, 0.05) is 25.0 Å². The Hall–Kier alpha value is -3.63. The van der Waals surface area contributed by atoms with Gasteiger partial charge >= 0.3 is 0 Å². The lowest BCUT2D eigenvalue weighted by molar-refractivity contribution is 0.299. The van der Waals surface area contributed by atoms with Crippen molar-refractivity contribution in [1.29, 1.82) is 0 Å². The van der Waals surface area contributed by atoms with E-state index in [9.17, 15) is 13.5 Å². The number of sulfonamides is 1. The first kappa shape index (κ1) is 21.6. The van der Waals surface area contributed by atoms with E-state index in [1.807, 2.05) is 30.3 Å². The van der Waals surface area contributed by atoms with E-state index in [0.29, 0.717) is 41.8 Å². The van der Waals surface area contributed by atoms with E-state index in [1.165, 1.54) is 0 Å². The molecule has 32 heavy (non-hydrogen) atoms. The summed E-state index contributed by atoms with van der Waals surface area (Å²) in [6.45, 7) is 0.634. The summed E-state index contributed by atoms with van der Waals surface area (Å²) in [5.74, 6) is 1.02. The number of nitrogens with one attached hydrogen (secondary N) is 4. The zero-order valence-corrected chi connectivity index (χ0v) is 18.3. The van der Waals surface area contributed by atoms with Crippen LogP contribution in [0.5, 0.6) is 0 Å². The third-order valence-electron chi connectivity index (χ3n) is 4.78. The van der Waals surface area contributed by atoms with Crippen molar-refractivity contribution < 1.29 is 13.5 Å². The molecule has 0 saturated carbocycles. The minimum Gasteiger partial charge on any atom is -0.396 e. The molecular formula is C22H24N6O3S. The van der Waals surface area contributed by atoms with Crippen molar-refractivity contribution in [1.82, 2.24) is 15.0 Å². The standard InChI is InChI=1S/C22H24N6O3S/c1-32(30,31)28-18-8-4-7-17(13-18)25-22-26-20-19(9-11-23-20)21(27-22)24-14-16-6-3-2-5-15(16)10-12-29/h2-9,11,13,28-29H,10,12,14H2,1H3,(H3,23,24,25,26,27). The summed E-state index contributed by atoms with van der Waals surface area (Å²) >= 11 is 0. The number of aromatic nitrogens is 3. The fourth-order valence-electron chi connectivity index (χ4n) is 3.41. The number of hydrogen-bond acceptors (Lipinski definition) is 7. The number of rotatable bonds is 9. The molecule has 0 aliphatic rings. The van der Waals surface area contributed by atoms with Crippen molar-refractivity contribution in [3.8, 4) is 0 Å². The maximum Gasteiger partial charge on any atom is 0.231 e. The molecule has 4 rings (SSSR count). The van der Waals surface area contributed by atoms with Crippen LogP contribution in [0, 0.1) is 0 Å². The van der Waals surface area contributed by atoms with E-state index >= 15 is 0 Å². The van der Waals surface area contributed by atoms with E-state index in [1.54, 1.807) is 30.5 Å². The van der Waals surface area contributed by atoms with Gasteiger partial charge in [0.1, 0.15) is 11.5 Å². The first-order chi connectivity index (χ1) is 15.4. The predicted molar refractivity (Wildman–Crippen MR) is 127 cm³/mol. The van der Waals surface area contributed by atoms with Crippen LogP contribution in [0.1, 0.15) is 11.1 Å². The highest BCUT2D eigenvalue weighted by Crippen LogP contribution is 2.25. The number of aliphatic hydroxyl groups excluding tert-OH is 1. The van der Waals surface area contributed by atoms with E-state index in [0.717, 1.165) is 22.8 Å². The van der Waals surface area contributed by atoms with Gasteiger partial charge in [-0.25, -0.2) is 8.42 Å². The van der Waals surface area contributed by atoms with Gasteiger partial charge in [-0.05, 0) is 41.8 Å². The van der Waals surface area contributed by atoms with Gasteiger partial charge in [-0.15, -0.1) is 0 Å². The summed E-state index contributed by atoms with van der Waals surface area (Å²) in [7, 11) is -3.38. The molecule has 5 N–H and O–H groups in total. The van der Waals surface area contributed by atoms with Crippen molar-refractivity contribution in [2.24, 2.45) is 0 Å². The van der Waals surface area contributed by atoms with Crippen LogP contribution < -0.4 is 15.4 Å². The predicted octanol–water partition coefficient (Wildman–Crippen LogP) is 3.22. The second-order valence-corrected chi connectivity index (χ2v) is 9.06. The Morgan fingerprint density at radius 2 is 1.78 bits per heavy atom. The number of H-pyrrole nitrogens is 1. The molecule has 0 radical (unpaired) electrons. The molecule has 2 heterocycles. The molecule has 10 heteroatoms. The van der Waals surface area contributed by atoms with Gasteiger partial charge in [-0.3, -0.25) is 4.72 Å². The molecule has 0 amide bonds. The molecule has 0 spiro atoms. The lowest BCUT2D eigenvalue weighted by Gasteiger charge is -2.13. The Morgan fingerprint density at radius 1 is 1.00 bits per heavy atom. The maximum atomic E-state index is 11.5. The number of aliphatic hydroxyl groups is 1. The molecule has 2 aromatic heterocycles. The van der Waals surface area contributed by atoms with Gasteiger partial charge in [0.15, 0.2) is 0 Å². The Morgan fingerprint density at radius 3 is 2.56 bits per heavy atom. The highest BCUT2D eigenvalue weighted by molar-refractivity contribution is 7.92. The Bertz CT molecular complexity index is 1340. The molecule has 166 valence electrons. The topological polar surface area (TPSA) is 132 Å². The Labute approximate surface area is 186 Å². The first-order valence-corrected chi connectivity index (χ1v) is 11.9. The number of benzene rings is 2. The molecule has 0 aliphatic heterocycles. The fraction of sp³-hybridized carbons (Fsp3) is 0.182. The van der Waals surface area contributed by atoms with Crippen molar-refractivity contribution in [2.75, 3.05) is 28.2 Å². The van der Waals surface area contributed by atoms with Crippen LogP contribution in [0.25, 0.3) is 11.0 Å². The third kappa shape index (κ3) is 5.34. The van der Waals surface area contributed by atoms with Crippen LogP contribution in [0.15, 0.2) is 60.8 Å². The largest absolute Gasteiger partial charge is 0.396 e. The van der Waals surface area contributed by atoms with Crippen LogP contribution in [0.4, 0.5) is 23.1 Å². The van der Waals surface area contributed by atoms with Crippen LogP contribution in [-0.2, 0) is 23.0 Å². The number of anilines is 4. The van der Waals surface area contributed by atoms with Gasteiger partial charge in [-0.2, -0.15) is 9.97 Å². The number of hydrogen-bond donors (Lipinski definition) is 5. The van der Waals surface area contributed by atoms with Gasteiger partial charge in [0.2, 0.25) is 16.0 Å². The van der Waals surface area contributed by atoms with E-state index < -0.39 is 10.0 Å². The number of fused-ring (bicyclic) bond motifs is 1. The van der Waals surface area contributed by atoms with Crippen LogP contribution in [0.3, 0.4) is 0 Å². The van der Waals surface area contributed by atoms with Crippen molar-refractivity contribution in [2.45, 2.75) is 13.0 Å². The molecule has 2 aromatic carbocycles. The number of aromatic amines is 1. The van der Waals surface area contributed by atoms with Crippen LogP contribution in [0.2, 0.25) is 0 Å². The zero-order chi connectivity index (χ0) is 22.6. The summed E-state index contributed by atoms with van der Waals surface area (Å²) in [5.41, 5.74) is 3.91. The Kier molecular flexibility index (Phi) is 6.24. The number of nitrogens with zero attached hydrogens (tertiary/aromatic N) is 2. The molecule has 4 aromatic rings. The molecule has 0 bridgehead atoms. The van der Waals surface area contributed by atoms with E-state index in [-0.39, 0.29) is 6.61 Å². The first-order valence-electron chi connectivity index (χ1n) is 10.0. The Balaban J connectivity index is 1.58. The average molecular weight is 453 g/mol. The second kappa shape index (κ2) is 9.25. The minimum atomic E-state index is -3.38. The van der Waals surface area contributed by atoms with E-state index in [4.69, 9.17) is 0 Å². The van der Waals surface area contributed by atoms with Crippen molar-refractivity contribution in [3.63, 3.8) is 0 Å². The minimum absolute atomic E-state index is 0.0912. The SMILES string of the molecule is CS(=O)(=O)Nc1cccc(Nc2nc(NCc3ccccc3CCO)c3cc[nH]c3n2)c1. The lowest BCUT2D eigenvalue weighted by Crippen LogP contribution is -2.10. The molecule has 0 unspecified atom stereocenters. The highest BCUT2D eigenvalue weighted by Gasteiger charge is 2.11. The fourth-order valence-corrected chi connectivity index (χ4v) is 3.96. The summed E-state index contributed by atoms with van der Waals surface area (Å²) in [6.07, 6.45) is 3.49. The summed E-state index contributed by atoms with van der Waals surface area (Å²) in [5, 5.41) is 16.7. The molecule has 0 saturated heterocycles. The van der Waals surface area contributed by atoms with Crippen LogP contribution >= 0.6 is 0 Å². The molecule has 0 fully saturated rings. The summed E-state index contributed by atoms with van der Waals surface area (Å²) in [4.78, 5) is 12.2. The molecule has 9 nitrogen and oxygen atoms in total. The summed E-state index contributed by atoms with van der Waals surface area (Å²) in [6, 6.07) is 16.7. The van der Waals surface area contributed by atoms with Crippen molar-refractivity contribution in [3.05, 3.63) is 71.9 Å². The second-order valence-electron chi connectivity index (χ2n) is 7.31. The van der Waals surface area contributed by atoms with Crippen LogP contribution in [-0.4, -0.2) is 41.3 Å². The smallest absolute Gasteiger partial charge is 0.231 e. The van der Waals surface area contributed by atoms with Crippen molar-refractivity contribution >= 4 is 44.2 Å². The van der Waals surface area contributed by atoms with E-state index in [2.05, 4.69) is 30.3 Å². The average Bonchev–Trinajstić information content (AvgIpc) is 3.21. The zero-order valence-electron chi connectivity index (χ0n) is 17.5. The monoisotopic (exact) mass is 452 g/mol. The molecule has 0 atom stereocenters. The maximum absolute atomic E-state index is 11.5. The van der Waals surface area contributed by atoms with Gasteiger partial charge in [0.25, 0.3) is 0 Å². The third-order valence-corrected chi connectivity index (χ3v) is 5.39. The molecular weight excluding hydrogens is 428 g/mol. The lowest BCUT2D eigenvalue weighted by atomic mass is 10.1. The molecule has 0 aliphatic carbocycles. The quantitative estimate of drug-likeness (QED) is 0.263. The van der Waals surface area contributed by atoms with Gasteiger partial charge in [-0.1, -0.05) is 30.3 Å². The van der Waals surface area contributed by atoms with Gasteiger partial charge in [0.05, 0.1) is 17.3 Å². The van der Waals surface area contributed by atoms with Gasteiger partial charge < -0.3 is 20.7 Å². The summed E-state index contributed by atoms with van der Waals surface area (Å²) < 4.78 is 25.5.